The van der Waals surface area contributed by atoms with Crippen LogP contribution in [0.5, 0.6) is 5.75 Å². The van der Waals surface area contributed by atoms with Gasteiger partial charge in [0, 0.05) is 24.7 Å². The van der Waals surface area contributed by atoms with Gasteiger partial charge in [-0.1, -0.05) is 23.7 Å². The quantitative estimate of drug-likeness (QED) is 0.502. The second kappa shape index (κ2) is 9.65. The molecule has 1 heterocycles. The fraction of sp³-hybridized carbons (Fsp3) is 0.300. The summed E-state index contributed by atoms with van der Waals surface area (Å²) in [7, 11) is 1.32. The number of fused-ring (bicyclic) bond motifs is 1. The number of rotatable bonds is 9. The average Bonchev–Trinajstić information content (AvgIpc) is 3.18. The maximum atomic E-state index is 12.9. The molecule has 11 heteroatoms. The third-order valence-corrected chi connectivity index (χ3v) is 6.65. The number of nitrogens with zero attached hydrogens (tertiary/aromatic N) is 3. The zero-order valence-electron chi connectivity index (χ0n) is 17.4. The number of ether oxygens (including phenoxy) is 1. The lowest BCUT2D eigenvalue weighted by molar-refractivity contribution is -0.116. The smallest absolute Gasteiger partial charge is 0.245 e. The summed E-state index contributed by atoms with van der Waals surface area (Å²) in [6.45, 7) is 0.845. The Morgan fingerprint density at radius 2 is 2.00 bits per heavy atom. The van der Waals surface area contributed by atoms with Crippen molar-refractivity contribution >= 4 is 44.1 Å². The van der Waals surface area contributed by atoms with Crippen LogP contribution in [0.25, 0.3) is 10.9 Å². The highest BCUT2D eigenvalue weighted by atomic mass is 35.5. The standard InChI is InChI=1S/C20H24ClN5O4S/c1-25(2)9-10-30-17-8-7-15(11-16(17)21)23-19(27)13-26(3)31(28,29)18-6-4-5-14-12-22-24-20(14)18/h4-8,11-12H,9-10,13H2,1-3H3,(H,22,24)(H,23,27). The number of para-hydroxylation sites is 1. The van der Waals surface area contributed by atoms with Crippen LogP contribution in [-0.4, -0.2) is 74.6 Å². The van der Waals surface area contributed by atoms with Crippen LogP contribution >= 0.6 is 11.6 Å². The average molecular weight is 466 g/mol. The number of aromatic nitrogens is 2. The molecule has 0 aliphatic heterocycles. The molecule has 0 fully saturated rings. The lowest BCUT2D eigenvalue weighted by atomic mass is 10.3. The summed E-state index contributed by atoms with van der Waals surface area (Å²) in [4.78, 5) is 14.5. The molecular weight excluding hydrogens is 442 g/mol. The van der Waals surface area contributed by atoms with Crippen LogP contribution in [0, 0.1) is 0 Å². The van der Waals surface area contributed by atoms with Crippen molar-refractivity contribution in [2.45, 2.75) is 4.90 Å². The van der Waals surface area contributed by atoms with E-state index in [1.807, 2.05) is 19.0 Å². The van der Waals surface area contributed by atoms with Gasteiger partial charge in [0.1, 0.15) is 17.3 Å². The summed E-state index contributed by atoms with van der Waals surface area (Å²) < 4.78 is 32.5. The van der Waals surface area contributed by atoms with Crippen molar-refractivity contribution in [3.63, 3.8) is 0 Å². The molecule has 1 aromatic heterocycles. The predicted octanol–water partition coefficient (Wildman–Crippen LogP) is 2.42. The number of aromatic amines is 1. The van der Waals surface area contributed by atoms with E-state index in [1.54, 1.807) is 36.5 Å². The van der Waals surface area contributed by atoms with Gasteiger partial charge in [-0.3, -0.25) is 9.89 Å². The number of halogens is 1. The fourth-order valence-electron chi connectivity index (χ4n) is 2.85. The van der Waals surface area contributed by atoms with Gasteiger partial charge < -0.3 is 15.0 Å². The summed E-state index contributed by atoms with van der Waals surface area (Å²) in [6.07, 6.45) is 1.54. The minimum atomic E-state index is -3.90. The van der Waals surface area contributed by atoms with Gasteiger partial charge in [0.05, 0.1) is 23.3 Å². The van der Waals surface area contributed by atoms with Crippen LogP contribution < -0.4 is 10.1 Å². The van der Waals surface area contributed by atoms with E-state index < -0.39 is 15.9 Å². The SMILES string of the molecule is CN(C)CCOc1ccc(NC(=O)CN(C)S(=O)(=O)c2cccc3cn[nH]c23)cc1Cl. The number of H-pyrrole nitrogens is 1. The molecule has 2 aromatic carbocycles. The number of benzene rings is 2. The molecule has 0 aliphatic carbocycles. The van der Waals surface area contributed by atoms with Crippen molar-refractivity contribution in [2.75, 3.05) is 46.2 Å². The van der Waals surface area contributed by atoms with E-state index in [4.69, 9.17) is 16.3 Å². The molecular formula is C20H24ClN5O4S. The number of nitrogens with one attached hydrogen (secondary N) is 2. The molecule has 0 spiro atoms. The first-order valence-electron chi connectivity index (χ1n) is 9.44. The van der Waals surface area contributed by atoms with Crippen molar-refractivity contribution in [3.05, 3.63) is 47.6 Å². The second-order valence-corrected chi connectivity index (χ2v) is 9.62. The summed E-state index contributed by atoms with van der Waals surface area (Å²) >= 11 is 6.23. The molecule has 0 bridgehead atoms. The van der Waals surface area contributed by atoms with Crippen molar-refractivity contribution in [1.82, 2.24) is 19.4 Å². The normalized spacial score (nSPS) is 11.9. The van der Waals surface area contributed by atoms with E-state index in [0.29, 0.717) is 34.0 Å². The summed E-state index contributed by atoms with van der Waals surface area (Å²) in [5, 5.41) is 10.2. The van der Waals surface area contributed by atoms with Gasteiger partial charge in [-0.15, -0.1) is 0 Å². The molecule has 1 amide bonds. The second-order valence-electron chi connectivity index (χ2n) is 7.20. The van der Waals surface area contributed by atoms with Crippen molar-refractivity contribution < 1.29 is 17.9 Å². The summed E-state index contributed by atoms with van der Waals surface area (Å²) in [5.41, 5.74) is 0.836. The number of likely N-dealkylation sites (N-methyl/N-ethyl adjacent to an activating group) is 2. The molecule has 9 nitrogen and oxygen atoms in total. The number of carbonyl (C=O) groups excluding carboxylic acids is 1. The molecule has 3 rings (SSSR count). The van der Waals surface area contributed by atoms with Crippen LogP contribution in [0.1, 0.15) is 0 Å². The molecule has 0 unspecified atom stereocenters. The Kier molecular flexibility index (Phi) is 7.16. The molecule has 0 radical (unpaired) electrons. The number of carbonyl (C=O) groups is 1. The topological polar surface area (TPSA) is 108 Å². The summed E-state index contributed by atoms with van der Waals surface area (Å²) in [6, 6.07) is 9.72. The monoisotopic (exact) mass is 465 g/mol. The highest BCUT2D eigenvalue weighted by Gasteiger charge is 2.25. The number of anilines is 1. The highest BCUT2D eigenvalue weighted by molar-refractivity contribution is 7.89. The Morgan fingerprint density at radius 1 is 1.23 bits per heavy atom. The zero-order valence-corrected chi connectivity index (χ0v) is 19.0. The molecule has 0 saturated heterocycles. The van der Waals surface area contributed by atoms with Gasteiger partial charge in [-0.05, 0) is 38.4 Å². The third kappa shape index (κ3) is 5.53. The number of amides is 1. The van der Waals surface area contributed by atoms with E-state index in [9.17, 15) is 13.2 Å². The molecule has 0 atom stereocenters. The Labute approximate surface area is 186 Å². The van der Waals surface area contributed by atoms with Crippen LogP contribution in [0.3, 0.4) is 0 Å². The minimum Gasteiger partial charge on any atom is -0.491 e. The van der Waals surface area contributed by atoms with Gasteiger partial charge in [0.25, 0.3) is 0 Å². The number of hydrogen-bond donors (Lipinski definition) is 2. The largest absolute Gasteiger partial charge is 0.491 e. The first kappa shape index (κ1) is 23.0. The van der Waals surface area contributed by atoms with Crippen LogP contribution in [-0.2, 0) is 14.8 Å². The Bertz CT molecular complexity index is 1180. The van der Waals surface area contributed by atoms with E-state index in [-0.39, 0.29) is 11.4 Å². The van der Waals surface area contributed by atoms with Crippen LogP contribution in [0.2, 0.25) is 5.02 Å². The van der Waals surface area contributed by atoms with E-state index in [1.165, 1.54) is 13.1 Å². The van der Waals surface area contributed by atoms with Gasteiger partial charge in [0.2, 0.25) is 15.9 Å². The predicted molar refractivity (Wildman–Crippen MR) is 120 cm³/mol. The van der Waals surface area contributed by atoms with Crippen molar-refractivity contribution in [3.8, 4) is 5.75 Å². The highest BCUT2D eigenvalue weighted by Crippen LogP contribution is 2.28. The molecule has 0 aliphatic rings. The molecule has 31 heavy (non-hydrogen) atoms. The Balaban J connectivity index is 1.65. The Hall–Kier alpha value is -2.66. The van der Waals surface area contributed by atoms with E-state index >= 15 is 0 Å². The molecule has 166 valence electrons. The molecule has 2 N–H and O–H groups in total. The maximum absolute atomic E-state index is 12.9. The molecule has 3 aromatic rings. The van der Waals surface area contributed by atoms with Gasteiger partial charge in [-0.2, -0.15) is 9.40 Å². The van der Waals surface area contributed by atoms with Crippen LogP contribution in [0.4, 0.5) is 5.69 Å². The third-order valence-electron chi connectivity index (χ3n) is 4.50. The van der Waals surface area contributed by atoms with Crippen LogP contribution in [0.15, 0.2) is 47.5 Å². The first-order chi connectivity index (χ1) is 14.7. The van der Waals surface area contributed by atoms with Gasteiger partial charge in [0.15, 0.2) is 0 Å². The Morgan fingerprint density at radius 3 is 2.71 bits per heavy atom. The van der Waals surface area contributed by atoms with Crippen molar-refractivity contribution in [2.24, 2.45) is 0 Å². The number of sulfonamides is 1. The minimum absolute atomic E-state index is 0.0556. The van der Waals surface area contributed by atoms with Gasteiger partial charge >= 0.3 is 0 Å². The van der Waals surface area contributed by atoms with E-state index in [0.717, 1.165) is 10.8 Å². The lowest BCUT2D eigenvalue weighted by Gasteiger charge is -2.17. The van der Waals surface area contributed by atoms with E-state index in [2.05, 4.69) is 15.5 Å². The lowest BCUT2D eigenvalue weighted by Crippen LogP contribution is -2.35. The number of hydrogen-bond acceptors (Lipinski definition) is 6. The first-order valence-corrected chi connectivity index (χ1v) is 11.3. The fourth-order valence-corrected chi connectivity index (χ4v) is 4.38. The molecule has 0 saturated carbocycles. The van der Waals surface area contributed by atoms with Crippen molar-refractivity contribution in [1.29, 1.82) is 0 Å². The van der Waals surface area contributed by atoms with Gasteiger partial charge in [-0.25, -0.2) is 8.42 Å². The maximum Gasteiger partial charge on any atom is 0.245 e. The summed E-state index contributed by atoms with van der Waals surface area (Å²) in [5.74, 6) is 0.00840. The zero-order chi connectivity index (χ0) is 22.6.